The fourth-order valence-electron chi connectivity index (χ4n) is 2.60. The van der Waals surface area contributed by atoms with Crippen LogP contribution in [-0.4, -0.2) is 5.54 Å². The number of hydrogen-bond donors (Lipinski definition) is 1. The fourth-order valence-corrected chi connectivity index (χ4v) is 2.60. The molecule has 1 aliphatic rings. The predicted octanol–water partition coefficient (Wildman–Crippen LogP) is 3.56. The molecule has 1 saturated carbocycles. The fraction of sp³-hybridized carbons (Fsp3) is 0.533. The maximum atomic E-state index is 8.97. The molecule has 90 valence electrons. The second-order valence-electron chi connectivity index (χ2n) is 4.96. The van der Waals surface area contributed by atoms with Gasteiger partial charge in [-0.15, -0.1) is 0 Å². The monoisotopic (exact) mass is 228 g/mol. The molecule has 0 heterocycles. The Kier molecular flexibility index (Phi) is 3.81. The lowest BCUT2D eigenvalue weighted by Crippen LogP contribution is -2.51. The normalized spacial score (nSPS) is 19.1. The Morgan fingerprint density at radius 2 is 2.06 bits per heavy atom. The second-order valence-corrected chi connectivity index (χ2v) is 4.96. The maximum absolute atomic E-state index is 8.97. The van der Waals surface area contributed by atoms with Crippen LogP contribution in [0.3, 0.4) is 0 Å². The van der Waals surface area contributed by atoms with E-state index in [4.69, 9.17) is 5.26 Å². The third kappa shape index (κ3) is 2.68. The lowest BCUT2D eigenvalue weighted by molar-refractivity contribution is 0.157. The summed E-state index contributed by atoms with van der Waals surface area (Å²) in [5.74, 6) is 0. The van der Waals surface area contributed by atoms with Gasteiger partial charge in [-0.05, 0) is 31.2 Å². The number of nitrogens with one attached hydrogen (secondary N) is 1. The Morgan fingerprint density at radius 3 is 2.53 bits per heavy atom. The van der Waals surface area contributed by atoms with E-state index >= 15 is 0 Å². The van der Waals surface area contributed by atoms with Gasteiger partial charge in [0.2, 0.25) is 0 Å². The van der Waals surface area contributed by atoms with E-state index in [2.05, 4.69) is 30.4 Å². The van der Waals surface area contributed by atoms with E-state index in [1.54, 1.807) is 0 Å². The molecule has 1 aliphatic carbocycles. The van der Waals surface area contributed by atoms with Gasteiger partial charge in [0, 0.05) is 11.6 Å². The molecule has 0 aliphatic heterocycles. The van der Waals surface area contributed by atoms with Crippen molar-refractivity contribution in [2.24, 2.45) is 0 Å². The van der Waals surface area contributed by atoms with Gasteiger partial charge in [-0.25, -0.2) is 0 Å². The summed E-state index contributed by atoms with van der Waals surface area (Å²) < 4.78 is 0. The van der Waals surface area contributed by atoms with E-state index < -0.39 is 0 Å². The minimum absolute atomic E-state index is 0.182. The van der Waals surface area contributed by atoms with Crippen molar-refractivity contribution in [3.63, 3.8) is 0 Å². The Balaban J connectivity index is 2.10. The second kappa shape index (κ2) is 5.33. The summed E-state index contributed by atoms with van der Waals surface area (Å²) in [4.78, 5) is 0. The van der Waals surface area contributed by atoms with Gasteiger partial charge >= 0.3 is 0 Å². The Morgan fingerprint density at radius 1 is 1.35 bits per heavy atom. The molecule has 0 spiro atoms. The van der Waals surface area contributed by atoms with Gasteiger partial charge in [0.25, 0.3) is 0 Å². The first-order chi connectivity index (χ1) is 8.29. The summed E-state index contributed by atoms with van der Waals surface area (Å²) in [6, 6.07) is 12.8. The van der Waals surface area contributed by atoms with Crippen molar-refractivity contribution in [3.8, 4) is 6.07 Å². The highest BCUT2D eigenvalue weighted by Gasteiger charge is 2.36. The topological polar surface area (TPSA) is 35.8 Å². The summed E-state index contributed by atoms with van der Waals surface area (Å²) in [5, 5.41) is 12.7. The first kappa shape index (κ1) is 12.1. The van der Waals surface area contributed by atoms with Crippen molar-refractivity contribution in [2.75, 3.05) is 0 Å². The lowest BCUT2D eigenvalue weighted by Gasteiger charge is -2.44. The number of benzene rings is 1. The van der Waals surface area contributed by atoms with Crippen LogP contribution in [-0.2, 0) is 0 Å². The summed E-state index contributed by atoms with van der Waals surface area (Å²) in [5.41, 5.74) is 1.52. The zero-order valence-corrected chi connectivity index (χ0v) is 10.4. The Hall–Kier alpha value is -1.33. The highest BCUT2D eigenvalue weighted by atomic mass is 15.0. The summed E-state index contributed by atoms with van der Waals surface area (Å²) in [6.07, 6.45) is 5.51. The molecule has 1 aromatic carbocycles. The van der Waals surface area contributed by atoms with E-state index in [9.17, 15) is 0 Å². The first-order valence-corrected chi connectivity index (χ1v) is 6.49. The van der Waals surface area contributed by atoms with Crippen molar-refractivity contribution < 1.29 is 0 Å². The average Bonchev–Trinajstić information content (AvgIpc) is 2.33. The minimum atomic E-state index is 0.182. The Labute approximate surface area is 104 Å². The molecule has 0 amide bonds. The quantitative estimate of drug-likeness (QED) is 0.836. The molecular formula is C15H20N2. The molecule has 1 N–H and O–H groups in total. The number of nitriles is 1. The van der Waals surface area contributed by atoms with Crippen LogP contribution in [0.25, 0.3) is 0 Å². The van der Waals surface area contributed by atoms with Crippen LogP contribution >= 0.6 is 0 Å². The van der Waals surface area contributed by atoms with Crippen molar-refractivity contribution >= 4 is 0 Å². The molecule has 0 saturated heterocycles. The molecule has 1 aromatic rings. The van der Waals surface area contributed by atoms with Gasteiger partial charge in [0.05, 0.1) is 12.5 Å². The van der Waals surface area contributed by atoms with Crippen molar-refractivity contribution in [1.82, 2.24) is 5.32 Å². The third-order valence-corrected chi connectivity index (χ3v) is 3.97. The predicted molar refractivity (Wildman–Crippen MR) is 69.4 cm³/mol. The van der Waals surface area contributed by atoms with E-state index in [1.807, 2.05) is 18.2 Å². The molecule has 0 bridgehead atoms. The van der Waals surface area contributed by atoms with Gasteiger partial charge in [0.1, 0.15) is 0 Å². The molecule has 1 unspecified atom stereocenters. The average molecular weight is 228 g/mol. The van der Waals surface area contributed by atoms with Gasteiger partial charge in [-0.3, -0.25) is 0 Å². The zero-order chi connectivity index (χ0) is 12.1. The zero-order valence-electron chi connectivity index (χ0n) is 10.4. The van der Waals surface area contributed by atoms with Crippen LogP contribution in [0.2, 0.25) is 0 Å². The highest BCUT2D eigenvalue weighted by Crippen LogP contribution is 2.37. The molecular weight excluding hydrogens is 208 g/mol. The molecule has 2 nitrogen and oxygen atoms in total. The SMILES string of the molecule is CCC1(NC(CC#N)c2ccccc2)CCC1. The smallest absolute Gasteiger partial charge is 0.0641 e. The molecule has 1 fully saturated rings. The molecule has 2 heteroatoms. The number of rotatable bonds is 5. The van der Waals surface area contributed by atoms with Gasteiger partial charge in [0.15, 0.2) is 0 Å². The maximum Gasteiger partial charge on any atom is 0.0641 e. The van der Waals surface area contributed by atoms with Crippen molar-refractivity contribution in [2.45, 2.75) is 50.6 Å². The molecule has 0 radical (unpaired) electrons. The molecule has 2 rings (SSSR count). The van der Waals surface area contributed by atoms with Crippen LogP contribution < -0.4 is 5.32 Å². The van der Waals surface area contributed by atoms with Crippen LogP contribution in [0, 0.1) is 11.3 Å². The van der Waals surface area contributed by atoms with Crippen molar-refractivity contribution in [3.05, 3.63) is 35.9 Å². The molecule has 0 aromatic heterocycles. The van der Waals surface area contributed by atoms with Gasteiger partial charge in [-0.1, -0.05) is 37.3 Å². The van der Waals surface area contributed by atoms with Gasteiger partial charge in [-0.2, -0.15) is 5.26 Å². The van der Waals surface area contributed by atoms with E-state index in [-0.39, 0.29) is 11.6 Å². The number of nitrogens with zero attached hydrogens (tertiary/aromatic N) is 1. The third-order valence-electron chi connectivity index (χ3n) is 3.97. The minimum Gasteiger partial charge on any atom is -0.303 e. The van der Waals surface area contributed by atoms with Crippen molar-refractivity contribution in [1.29, 1.82) is 5.26 Å². The first-order valence-electron chi connectivity index (χ1n) is 6.49. The van der Waals surface area contributed by atoms with E-state index in [0.717, 1.165) is 6.42 Å². The summed E-state index contributed by atoms with van der Waals surface area (Å²) >= 11 is 0. The van der Waals surface area contributed by atoms with Crippen LogP contribution in [0.5, 0.6) is 0 Å². The van der Waals surface area contributed by atoms with Crippen LogP contribution in [0.4, 0.5) is 0 Å². The highest BCUT2D eigenvalue weighted by molar-refractivity contribution is 5.21. The number of hydrogen-bond acceptors (Lipinski definition) is 2. The van der Waals surface area contributed by atoms with Crippen LogP contribution in [0.15, 0.2) is 30.3 Å². The molecule has 1 atom stereocenters. The Bertz CT molecular complexity index is 382. The summed E-state index contributed by atoms with van der Waals surface area (Å²) in [6.45, 7) is 2.24. The lowest BCUT2D eigenvalue weighted by atomic mass is 9.74. The van der Waals surface area contributed by atoms with Crippen LogP contribution in [0.1, 0.15) is 50.6 Å². The van der Waals surface area contributed by atoms with E-state index in [1.165, 1.54) is 24.8 Å². The largest absolute Gasteiger partial charge is 0.303 e. The van der Waals surface area contributed by atoms with E-state index in [0.29, 0.717) is 6.42 Å². The van der Waals surface area contributed by atoms with Gasteiger partial charge < -0.3 is 5.32 Å². The molecule has 17 heavy (non-hydrogen) atoms. The summed E-state index contributed by atoms with van der Waals surface area (Å²) in [7, 11) is 0. The standard InChI is InChI=1S/C15H20N2/c1-2-15(10-6-11-15)17-14(9-12-16)13-7-4-3-5-8-13/h3-5,7-8,14,17H,2,6,9-11H2,1H3.